The Hall–Kier alpha value is -3.60. The number of aryl methyl sites for hydroxylation is 1. The van der Waals surface area contributed by atoms with E-state index in [0.717, 1.165) is 34.5 Å². The van der Waals surface area contributed by atoms with Gasteiger partial charge in [0.05, 0.1) is 0 Å². The Balaban J connectivity index is 1.45. The number of carbonyl (C=O) groups excluding carboxylic acids is 2. The zero-order valence-electron chi connectivity index (χ0n) is 17.2. The predicted molar refractivity (Wildman–Crippen MR) is 120 cm³/mol. The molecule has 1 heterocycles. The Morgan fingerprint density at radius 1 is 1.00 bits per heavy atom. The first-order valence-electron chi connectivity index (χ1n) is 10.1. The largest absolute Gasteiger partial charge is 0.334 e. The maximum absolute atomic E-state index is 13.1. The van der Waals surface area contributed by atoms with Crippen LogP contribution in [-0.4, -0.2) is 18.0 Å². The molecule has 0 unspecified atom stereocenters. The number of fused-ring (bicyclic) bond motifs is 1. The van der Waals surface area contributed by atoms with Gasteiger partial charge in [-0.3, -0.25) is 4.79 Å². The highest BCUT2D eigenvalue weighted by atomic mass is 16.2. The Bertz CT molecular complexity index is 1060. The van der Waals surface area contributed by atoms with E-state index in [2.05, 4.69) is 23.6 Å². The molecule has 1 atom stereocenters. The number of nitrogens with zero attached hydrogens (tertiary/aromatic N) is 1. The van der Waals surface area contributed by atoms with Crippen LogP contribution in [0.4, 0.5) is 16.2 Å². The van der Waals surface area contributed by atoms with Gasteiger partial charge in [0.2, 0.25) is 0 Å². The lowest BCUT2D eigenvalue weighted by Gasteiger charge is -2.23. The third-order valence-corrected chi connectivity index (χ3v) is 5.37. The first kappa shape index (κ1) is 19.7. The van der Waals surface area contributed by atoms with Gasteiger partial charge in [-0.25, -0.2) is 4.79 Å². The van der Waals surface area contributed by atoms with Crippen LogP contribution in [0, 0.1) is 6.92 Å². The Kier molecular flexibility index (Phi) is 5.53. The van der Waals surface area contributed by atoms with Crippen LogP contribution in [0.15, 0.2) is 72.8 Å². The van der Waals surface area contributed by atoms with Gasteiger partial charge < -0.3 is 15.5 Å². The molecule has 0 fully saturated rings. The zero-order valence-corrected chi connectivity index (χ0v) is 17.2. The van der Waals surface area contributed by atoms with Crippen molar-refractivity contribution in [2.24, 2.45) is 0 Å². The molecule has 1 aliphatic heterocycles. The van der Waals surface area contributed by atoms with Crippen molar-refractivity contribution in [2.75, 3.05) is 10.2 Å². The number of hydrogen-bond acceptors (Lipinski definition) is 2. The number of benzene rings is 3. The summed E-state index contributed by atoms with van der Waals surface area (Å²) >= 11 is 0. The number of anilines is 2. The smallest absolute Gasteiger partial charge is 0.319 e. The lowest BCUT2D eigenvalue weighted by molar-refractivity contribution is 0.0981. The monoisotopic (exact) mass is 399 g/mol. The van der Waals surface area contributed by atoms with Crippen LogP contribution in [0.2, 0.25) is 0 Å². The fraction of sp³-hybridized carbons (Fsp3) is 0.200. The lowest BCUT2D eigenvalue weighted by Crippen LogP contribution is -2.35. The minimum Gasteiger partial charge on any atom is -0.334 e. The highest BCUT2D eigenvalue weighted by molar-refractivity contribution is 6.07. The Morgan fingerprint density at radius 3 is 2.47 bits per heavy atom. The average Bonchev–Trinajstić information content (AvgIpc) is 3.09. The molecule has 4 rings (SSSR count). The molecule has 3 amide bonds. The van der Waals surface area contributed by atoms with Crippen LogP contribution in [0.1, 0.15) is 34.0 Å². The van der Waals surface area contributed by atoms with Gasteiger partial charge in [0, 0.05) is 29.5 Å². The summed E-state index contributed by atoms with van der Waals surface area (Å²) in [7, 11) is 0. The van der Waals surface area contributed by atoms with Crippen molar-refractivity contribution in [3.63, 3.8) is 0 Å². The SMILES string of the molecule is Cc1ccc(NC(=O)NCc2ccc3c(c2)N(C(=O)c2ccccc2)[C@@H](C)C3)cc1. The topological polar surface area (TPSA) is 61.4 Å². The van der Waals surface area contributed by atoms with Crippen LogP contribution < -0.4 is 15.5 Å². The molecule has 0 radical (unpaired) electrons. The van der Waals surface area contributed by atoms with Gasteiger partial charge in [0.25, 0.3) is 5.91 Å². The van der Waals surface area contributed by atoms with Gasteiger partial charge in [-0.05, 0) is 61.7 Å². The van der Waals surface area contributed by atoms with Crippen LogP contribution in [0.3, 0.4) is 0 Å². The van der Waals surface area contributed by atoms with Crippen molar-refractivity contribution in [1.29, 1.82) is 0 Å². The number of urea groups is 1. The molecule has 5 heteroatoms. The minimum atomic E-state index is -0.259. The maximum atomic E-state index is 13.1. The van der Waals surface area contributed by atoms with E-state index < -0.39 is 0 Å². The van der Waals surface area contributed by atoms with Crippen molar-refractivity contribution in [3.05, 3.63) is 95.1 Å². The van der Waals surface area contributed by atoms with Crippen molar-refractivity contribution >= 4 is 23.3 Å². The summed E-state index contributed by atoms with van der Waals surface area (Å²) in [4.78, 5) is 27.2. The molecule has 152 valence electrons. The second kappa shape index (κ2) is 8.41. The van der Waals surface area contributed by atoms with Crippen molar-refractivity contribution < 1.29 is 9.59 Å². The van der Waals surface area contributed by atoms with Gasteiger partial charge in [0.15, 0.2) is 0 Å². The van der Waals surface area contributed by atoms with Crippen LogP contribution >= 0.6 is 0 Å². The highest BCUT2D eigenvalue weighted by Gasteiger charge is 2.31. The molecule has 3 aromatic rings. The molecule has 0 spiro atoms. The van der Waals surface area contributed by atoms with Crippen LogP contribution in [0.25, 0.3) is 0 Å². The van der Waals surface area contributed by atoms with Gasteiger partial charge >= 0.3 is 6.03 Å². The summed E-state index contributed by atoms with van der Waals surface area (Å²) in [5.41, 5.74) is 5.60. The normalized spacial score (nSPS) is 14.9. The van der Waals surface area contributed by atoms with E-state index in [1.54, 1.807) is 0 Å². The third kappa shape index (κ3) is 4.20. The first-order chi connectivity index (χ1) is 14.5. The lowest BCUT2D eigenvalue weighted by atomic mass is 10.1. The molecule has 0 saturated carbocycles. The fourth-order valence-corrected chi connectivity index (χ4v) is 3.79. The molecule has 0 saturated heterocycles. The molecule has 5 nitrogen and oxygen atoms in total. The average molecular weight is 399 g/mol. The van der Waals surface area contributed by atoms with E-state index in [1.807, 2.05) is 78.6 Å². The molecule has 3 aromatic carbocycles. The molecule has 1 aliphatic rings. The van der Waals surface area contributed by atoms with E-state index in [-0.39, 0.29) is 18.0 Å². The first-order valence-corrected chi connectivity index (χ1v) is 10.1. The van der Waals surface area contributed by atoms with Crippen molar-refractivity contribution in [1.82, 2.24) is 5.32 Å². The number of amides is 3. The summed E-state index contributed by atoms with van der Waals surface area (Å²) in [5.74, 6) is 0.00377. The molecular weight excluding hydrogens is 374 g/mol. The third-order valence-electron chi connectivity index (χ3n) is 5.37. The van der Waals surface area contributed by atoms with E-state index in [9.17, 15) is 9.59 Å². The number of rotatable bonds is 4. The van der Waals surface area contributed by atoms with E-state index in [0.29, 0.717) is 12.1 Å². The summed E-state index contributed by atoms with van der Waals surface area (Å²) in [5, 5.41) is 5.72. The van der Waals surface area contributed by atoms with E-state index >= 15 is 0 Å². The van der Waals surface area contributed by atoms with Gasteiger partial charge in [-0.15, -0.1) is 0 Å². The van der Waals surface area contributed by atoms with Crippen LogP contribution in [0.5, 0.6) is 0 Å². The fourth-order valence-electron chi connectivity index (χ4n) is 3.79. The summed E-state index contributed by atoms with van der Waals surface area (Å²) in [6, 6.07) is 22.9. The van der Waals surface area contributed by atoms with E-state index in [1.165, 1.54) is 0 Å². The highest BCUT2D eigenvalue weighted by Crippen LogP contribution is 2.34. The van der Waals surface area contributed by atoms with Crippen LogP contribution in [-0.2, 0) is 13.0 Å². The second-order valence-corrected chi connectivity index (χ2v) is 7.73. The minimum absolute atomic E-state index is 0.00377. The Labute approximate surface area is 176 Å². The molecule has 0 aromatic heterocycles. The van der Waals surface area contributed by atoms with Gasteiger partial charge in [-0.2, -0.15) is 0 Å². The van der Waals surface area contributed by atoms with Crippen molar-refractivity contribution in [3.8, 4) is 0 Å². The molecule has 30 heavy (non-hydrogen) atoms. The molecule has 2 N–H and O–H groups in total. The number of carbonyl (C=O) groups is 2. The Morgan fingerprint density at radius 2 is 1.73 bits per heavy atom. The molecule has 0 aliphatic carbocycles. The maximum Gasteiger partial charge on any atom is 0.319 e. The molecular formula is C25H25N3O2. The summed E-state index contributed by atoms with van der Waals surface area (Å²) in [6.07, 6.45) is 0.829. The van der Waals surface area contributed by atoms with Gasteiger partial charge in [-0.1, -0.05) is 48.0 Å². The standard InChI is InChI=1S/C25H25N3O2/c1-17-8-12-22(13-9-17)27-25(30)26-16-19-10-11-21-14-18(2)28(23(21)15-19)24(29)20-6-4-3-5-7-20/h3-13,15,18H,14,16H2,1-2H3,(H2,26,27,30)/t18-/m0/s1. The van der Waals surface area contributed by atoms with Crippen molar-refractivity contribution in [2.45, 2.75) is 32.9 Å². The number of hydrogen-bond donors (Lipinski definition) is 2. The van der Waals surface area contributed by atoms with Gasteiger partial charge in [0.1, 0.15) is 0 Å². The molecule has 0 bridgehead atoms. The quantitative estimate of drug-likeness (QED) is 0.655. The predicted octanol–water partition coefficient (Wildman–Crippen LogP) is 4.91. The van der Waals surface area contributed by atoms with E-state index in [4.69, 9.17) is 0 Å². The number of nitrogens with one attached hydrogen (secondary N) is 2. The summed E-state index contributed by atoms with van der Waals surface area (Å²) < 4.78 is 0. The zero-order chi connectivity index (χ0) is 21.1. The second-order valence-electron chi connectivity index (χ2n) is 7.73. The summed E-state index contributed by atoms with van der Waals surface area (Å²) in [6.45, 7) is 4.45.